The molecule has 0 fully saturated rings. The number of aliphatic imine (C=N–C) groups is 1. The van der Waals surface area contributed by atoms with Crippen LogP contribution in [0.5, 0.6) is 0 Å². The van der Waals surface area contributed by atoms with Gasteiger partial charge in [0.2, 0.25) is 11.8 Å². The van der Waals surface area contributed by atoms with Gasteiger partial charge in [0.15, 0.2) is 5.78 Å². The number of hydrogen-bond acceptors (Lipinski definition) is 8. The second kappa shape index (κ2) is 15.8. The Labute approximate surface area is 260 Å². The third-order valence-corrected chi connectivity index (χ3v) is 7.12. The number of ether oxygens (including phenoxy) is 1. The molecule has 0 aliphatic heterocycles. The number of nitrogens with one attached hydrogen (secondary N) is 3. The second-order valence-corrected chi connectivity index (χ2v) is 13.5. The summed E-state index contributed by atoms with van der Waals surface area (Å²) in [5.41, 5.74) is 0.950. The lowest BCUT2D eigenvalue weighted by atomic mass is 9.76. The second-order valence-electron chi connectivity index (χ2n) is 13.5. The fourth-order valence-corrected chi connectivity index (χ4v) is 4.91. The Morgan fingerprint density at radius 1 is 1.02 bits per heavy atom. The Kier molecular flexibility index (Phi) is 13.1. The van der Waals surface area contributed by atoms with E-state index in [-0.39, 0.29) is 29.5 Å². The molecule has 2 rings (SSSR count). The molecule has 3 amide bonds. The number of ketones is 1. The Hall–Kier alpha value is -3.73. The molecule has 0 bridgehead atoms. The number of carbonyl (C=O) groups excluding carboxylic acids is 4. The lowest BCUT2D eigenvalue weighted by molar-refractivity contribution is -0.128. The van der Waals surface area contributed by atoms with Gasteiger partial charge in [0, 0.05) is 30.8 Å². The van der Waals surface area contributed by atoms with Crippen molar-refractivity contribution in [2.45, 2.75) is 112 Å². The summed E-state index contributed by atoms with van der Waals surface area (Å²) in [6, 6.07) is 4.86. The number of allylic oxidation sites excluding steroid dienone is 2. The van der Waals surface area contributed by atoms with Crippen molar-refractivity contribution in [1.29, 1.82) is 0 Å². The average molecular weight is 615 g/mol. The molecule has 5 N–H and O–H groups in total. The summed E-state index contributed by atoms with van der Waals surface area (Å²) in [6.45, 7) is 14.6. The minimum absolute atomic E-state index is 0.0682. The number of unbranched alkanes of at least 4 members (excludes halogenated alkanes) is 1. The summed E-state index contributed by atoms with van der Waals surface area (Å²) in [5.74, 6) is -1.28. The summed E-state index contributed by atoms with van der Waals surface area (Å²) >= 11 is 0. The molecule has 0 saturated heterocycles. The number of anilines is 1. The largest absolute Gasteiger partial charge is 0.511 e. The van der Waals surface area contributed by atoms with E-state index in [1.54, 1.807) is 65.8 Å². The molecule has 1 aromatic carbocycles. The fourth-order valence-electron chi connectivity index (χ4n) is 4.91. The third kappa shape index (κ3) is 11.7. The summed E-state index contributed by atoms with van der Waals surface area (Å²) in [4.78, 5) is 56.2. The van der Waals surface area contributed by atoms with Gasteiger partial charge in [-0.15, -0.1) is 0 Å². The van der Waals surface area contributed by atoms with Gasteiger partial charge in [-0.25, -0.2) is 4.79 Å². The van der Waals surface area contributed by atoms with Crippen LogP contribution in [0.2, 0.25) is 0 Å². The van der Waals surface area contributed by atoms with Gasteiger partial charge in [0.1, 0.15) is 23.4 Å². The normalized spacial score (nSPS) is 16.8. The van der Waals surface area contributed by atoms with Crippen molar-refractivity contribution in [3.8, 4) is 0 Å². The standard InChI is InChI=1S/C33H50N4O7/c1-20(2)28(37-31(43)44-32(4,5)6)30(42)36-24(29(41)35-23-14-12-22(19-38)13-15-23)11-9-10-16-34-21(3)27-25(39)17-33(7,8)18-26(27)40/h12-15,20,24,28,38-39H,9-11,16-19H2,1-8H3,(H,35,41)(H,36,42)(H,37,43)/t24-,28-/m0/s1. The summed E-state index contributed by atoms with van der Waals surface area (Å²) < 4.78 is 5.32. The van der Waals surface area contributed by atoms with Crippen molar-refractivity contribution in [2.75, 3.05) is 11.9 Å². The molecule has 2 atom stereocenters. The first-order valence-corrected chi connectivity index (χ1v) is 15.2. The van der Waals surface area contributed by atoms with E-state index in [1.807, 2.05) is 13.8 Å². The Balaban J connectivity index is 2.12. The Bertz CT molecular complexity index is 1240. The van der Waals surface area contributed by atoms with E-state index in [1.165, 1.54) is 0 Å². The smallest absolute Gasteiger partial charge is 0.408 e. The van der Waals surface area contributed by atoms with Crippen molar-refractivity contribution >= 4 is 35.1 Å². The first-order valence-electron chi connectivity index (χ1n) is 15.2. The van der Waals surface area contributed by atoms with Crippen molar-refractivity contribution in [2.24, 2.45) is 16.3 Å². The van der Waals surface area contributed by atoms with Gasteiger partial charge < -0.3 is 30.9 Å². The molecule has 0 spiro atoms. The van der Waals surface area contributed by atoms with E-state index in [0.29, 0.717) is 61.2 Å². The van der Waals surface area contributed by atoms with Gasteiger partial charge in [0.05, 0.1) is 12.2 Å². The van der Waals surface area contributed by atoms with E-state index < -0.39 is 35.6 Å². The number of alkyl carbamates (subject to hydrolysis) is 1. The first-order chi connectivity index (χ1) is 20.4. The minimum Gasteiger partial charge on any atom is -0.511 e. The van der Waals surface area contributed by atoms with E-state index in [0.717, 1.165) is 0 Å². The van der Waals surface area contributed by atoms with E-state index in [2.05, 4.69) is 20.9 Å². The number of nitrogens with zero attached hydrogens (tertiary/aromatic N) is 1. The Morgan fingerprint density at radius 2 is 1.66 bits per heavy atom. The molecule has 0 saturated carbocycles. The predicted octanol–water partition coefficient (Wildman–Crippen LogP) is 4.98. The quantitative estimate of drug-likeness (QED) is 0.154. The monoisotopic (exact) mass is 614 g/mol. The van der Waals surface area contributed by atoms with Crippen LogP contribution in [-0.4, -0.2) is 63.8 Å². The van der Waals surface area contributed by atoms with Crippen LogP contribution in [0, 0.1) is 11.3 Å². The van der Waals surface area contributed by atoms with Crippen LogP contribution in [0.25, 0.3) is 0 Å². The lowest BCUT2D eigenvalue weighted by Crippen LogP contribution is -2.55. The molecule has 0 aromatic heterocycles. The highest BCUT2D eigenvalue weighted by Crippen LogP contribution is 2.36. The SMILES string of the molecule is CC(=NCCCC[C@H](NC(=O)[C@@H](NC(=O)OC(C)(C)C)C(C)C)C(=O)Nc1ccc(CO)cc1)C1=C(O)CC(C)(C)CC1=O. The number of amides is 3. The highest BCUT2D eigenvalue weighted by Gasteiger charge is 2.34. The maximum Gasteiger partial charge on any atom is 0.408 e. The zero-order chi connectivity index (χ0) is 33.2. The maximum atomic E-state index is 13.3. The predicted molar refractivity (Wildman–Crippen MR) is 170 cm³/mol. The molecule has 44 heavy (non-hydrogen) atoms. The molecule has 11 heteroatoms. The van der Waals surface area contributed by atoms with Gasteiger partial charge in [0.25, 0.3) is 0 Å². The number of aliphatic hydroxyl groups excluding tert-OH is 2. The van der Waals surface area contributed by atoms with E-state index in [4.69, 9.17) is 4.74 Å². The molecule has 1 aromatic rings. The van der Waals surface area contributed by atoms with Crippen LogP contribution in [0.4, 0.5) is 10.5 Å². The first kappa shape index (κ1) is 36.5. The maximum absolute atomic E-state index is 13.3. The number of aliphatic hydroxyl groups is 2. The number of rotatable bonds is 13. The van der Waals surface area contributed by atoms with Crippen molar-refractivity contribution < 1.29 is 34.1 Å². The van der Waals surface area contributed by atoms with E-state index in [9.17, 15) is 29.4 Å². The molecule has 0 heterocycles. The average Bonchev–Trinajstić information content (AvgIpc) is 2.88. The molecule has 0 unspecified atom stereocenters. The van der Waals surface area contributed by atoms with Gasteiger partial charge in [-0.05, 0) is 76.0 Å². The zero-order valence-corrected chi connectivity index (χ0v) is 27.4. The van der Waals surface area contributed by atoms with Crippen LogP contribution >= 0.6 is 0 Å². The van der Waals surface area contributed by atoms with E-state index >= 15 is 0 Å². The van der Waals surface area contributed by atoms with Crippen molar-refractivity contribution in [3.63, 3.8) is 0 Å². The van der Waals surface area contributed by atoms with Gasteiger partial charge >= 0.3 is 6.09 Å². The van der Waals surface area contributed by atoms with Crippen molar-refractivity contribution in [1.82, 2.24) is 10.6 Å². The molecular weight excluding hydrogens is 564 g/mol. The molecule has 1 aliphatic carbocycles. The van der Waals surface area contributed by atoms with Gasteiger partial charge in [-0.3, -0.25) is 19.4 Å². The van der Waals surface area contributed by atoms with Crippen molar-refractivity contribution in [3.05, 3.63) is 41.2 Å². The van der Waals surface area contributed by atoms with Crippen LogP contribution in [0.15, 0.2) is 40.6 Å². The highest BCUT2D eigenvalue weighted by molar-refractivity contribution is 6.22. The van der Waals surface area contributed by atoms with Crippen LogP contribution in [0.1, 0.15) is 93.1 Å². The Morgan fingerprint density at radius 3 is 2.20 bits per heavy atom. The third-order valence-electron chi connectivity index (χ3n) is 7.12. The summed E-state index contributed by atoms with van der Waals surface area (Å²) in [6.07, 6.45) is 1.42. The number of carbonyl (C=O) groups is 4. The number of Topliss-reactive ketones (excluding diaryl/α,β-unsaturated/α-hetero) is 1. The molecule has 244 valence electrons. The zero-order valence-electron chi connectivity index (χ0n) is 27.4. The molecular formula is C33H50N4O7. The highest BCUT2D eigenvalue weighted by atomic mass is 16.6. The minimum atomic E-state index is -0.935. The fraction of sp³-hybridized carbons (Fsp3) is 0.606. The molecule has 0 radical (unpaired) electrons. The van der Waals surface area contributed by atoms with Gasteiger partial charge in [-0.2, -0.15) is 0 Å². The topological polar surface area (TPSA) is 166 Å². The summed E-state index contributed by atoms with van der Waals surface area (Å²) in [5, 5.41) is 28.0. The number of hydrogen-bond donors (Lipinski definition) is 5. The summed E-state index contributed by atoms with van der Waals surface area (Å²) in [7, 11) is 0. The number of benzene rings is 1. The van der Waals surface area contributed by atoms with Crippen LogP contribution in [0.3, 0.4) is 0 Å². The molecule has 11 nitrogen and oxygen atoms in total. The van der Waals surface area contributed by atoms with Crippen LogP contribution < -0.4 is 16.0 Å². The van der Waals surface area contributed by atoms with Gasteiger partial charge in [-0.1, -0.05) is 39.8 Å². The van der Waals surface area contributed by atoms with Crippen LogP contribution in [-0.2, 0) is 25.7 Å². The lowest BCUT2D eigenvalue weighted by Gasteiger charge is -2.29. The molecule has 1 aliphatic rings.